The van der Waals surface area contributed by atoms with Gasteiger partial charge in [0.05, 0.1) is 5.56 Å². The average Bonchev–Trinajstić information content (AvgIpc) is 3.00. The number of carbonyl (C=O) groups excluding carboxylic acids is 1. The molecule has 0 aliphatic heterocycles. The van der Waals surface area contributed by atoms with Gasteiger partial charge >= 0.3 is 5.97 Å². The van der Waals surface area contributed by atoms with Gasteiger partial charge in [0.15, 0.2) is 0 Å². The fraction of sp³-hybridized carbons (Fsp3) is 0.143. The van der Waals surface area contributed by atoms with Crippen LogP contribution in [-0.4, -0.2) is 15.5 Å². The van der Waals surface area contributed by atoms with Crippen LogP contribution in [0, 0.1) is 13.8 Å². The second-order valence-electron chi connectivity index (χ2n) is 6.03. The quantitative estimate of drug-likeness (QED) is 0.526. The van der Waals surface area contributed by atoms with Crippen LogP contribution in [0.1, 0.15) is 32.9 Å². The Morgan fingerprint density at radius 1 is 0.960 bits per heavy atom. The summed E-state index contributed by atoms with van der Waals surface area (Å²) in [6.07, 6.45) is 5.33. The minimum Gasteiger partial charge on any atom is -0.422 e. The minimum atomic E-state index is -0.388. The first kappa shape index (κ1) is 16.7. The molecule has 2 aromatic carbocycles. The van der Waals surface area contributed by atoms with E-state index in [4.69, 9.17) is 4.74 Å². The standard InChI is InChI=1S/C21H20N2O2/c1-15-4-8-17(9-5-15)19(14-20-22-12-13-23(20)3)25-21(24)18-10-6-16(2)7-11-18/h4-14H,1-3H3/b19-14+. The Kier molecular flexibility index (Phi) is 4.80. The number of esters is 1. The molecule has 4 heteroatoms. The Morgan fingerprint density at radius 2 is 1.52 bits per heavy atom. The summed E-state index contributed by atoms with van der Waals surface area (Å²) in [5.74, 6) is 0.799. The van der Waals surface area contributed by atoms with Gasteiger partial charge in [0, 0.05) is 31.1 Å². The fourth-order valence-corrected chi connectivity index (χ4v) is 2.37. The second kappa shape index (κ2) is 7.18. The van der Waals surface area contributed by atoms with Gasteiger partial charge in [0.1, 0.15) is 11.6 Å². The molecule has 0 spiro atoms. The Balaban J connectivity index is 1.95. The summed E-state index contributed by atoms with van der Waals surface area (Å²) in [6, 6.07) is 15.2. The number of imidazole rings is 1. The molecule has 0 radical (unpaired) electrons. The van der Waals surface area contributed by atoms with E-state index in [0.717, 1.165) is 16.7 Å². The number of aryl methyl sites for hydroxylation is 3. The minimum absolute atomic E-state index is 0.388. The van der Waals surface area contributed by atoms with Crippen molar-refractivity contribution in [3.05, 3.63) is 89.0 Å². The lowest BCUT2D eigenvalue weighted by molar-refractivity contribution is 0.0693. The molecule has 0 atom stereocenters. The van der Waals surface area contributed by atoms with Crippen molar-refractivity contribution < 1.29 is 9.53 Å². The number of rotatable bonds is 4. The molecule has 0 aliphatic carbocycles. The monoisotopic (exact) mass is 332 g/mol. The van der Waals surface area contributed by atoms with Crippen LogP contribution >= 0.6 is 0 Å². The van der Waals surface area contributed by atoms with E-state index in [9.17, 15) is 4.79 Å². The first-order valence-corrected chi connectivity index (χ1v) is 8.08. The topological polar surface area (TPSA) is 44.1 Å². The van der Waals surface area contributed by atoms with E-state index >= 15 is 0 Å². The van der Waals surface area contributed by atoms with Crippen molar-refractivity contribution in [3.63, 3.8) is 0 Å². The van der Waals surface area contributed by atoms with Gasteiger partial charge < -0.3 is 9.30 Å². The molecule has 4 nitrogen and oxygen atoms in total. The maximum atomic E-state index is 12.5. The van der Waals surface area contributed by atoms with Crippen LogP contribution in [0.4, 0.5) is 0 Å². The number of nitrogens with zero attached hydrogens (tertiary/aromatic N) is 2. The van der Waals surface area contributed by atoms with Gasteiger partial charge in [-0.25, -0.2) is 9.78 Å². The van der Waals surface area contributed by atoms with Crippen LogP contribution in [0.3, 0.4) is 0 Å². The van der Waals surface area contributed by atoms with Crippen LogP contribution in [0.5, 0.6) is 0 Å². The number of carbonyl (C=O) groups is 1. The number of benzene rings is 2. The lowest BCUT2D eigenvalue weighted by Gasteiger charge is -2.10. The molecule has 3 aromatic rings. The number of ether oxygens (including phenoxy) is 1. The Hall–Kier alpha value is -3.14. The smallest absolute Gasteiger partial charge is 0.343 e. The zero-order valence-electron chi connectivity index (χ0n) is 14.6. The molecule has 1 heterocycles. The van der Waals surface area contributed by atoms with Gasteiger partial charge in [-0.15, -0.1) is 0 Å². The van der Waals surface area contributed by atoms with Crippen molar-refractivity contribution >= 4 is 17.8 Å². The lowest BCUT2D eigenvalue weighted by atomic mass is 10.1. The van der Waals surface area contributed by atoms with Gasteiger partial charge in [-0.1, -0.05) is 47.5 Å². The molecule has 25 heavy (non-hydrogen) atoms. The highest BCUT2D eigenvalue weighted by molar-refractivity contribution is 5.95. The number of hydrogen-bond acceptors (Lipinski definition) is 3. The highest BCUT2D eigenvalue weighted by atomic mass is 16.5. The van der Waals surface area contributed by atoms with Crippen LogP contribution < -0.4 is 0 Å². The van der Waals surface area contributed by atoms with E-state index in [-0.39, 0.29) is 5.97 Å². The summed E-state index contributed by atoms with van der Waals surface area (Å²) in [5, 5.41) is 0. The molecule has 3 rings (SSSR count). The summed E-state index contributed by atoms with van der Waals surface area (Å²) >= 11 is 0. The highest BCUT2D eigenvalue weighted by Gasteiger charge is 2.13. The van der Waals surface area contributed by atoms with Crippen molar-refractivity contribution in [2.75, 3.05) is 0 Å². The zero-order valence-corrected chi connectivity index (χ0v) is 14.6. The van der Waals surface area contributed by atoms with Crippen molar-refractivity contribution in [1.82, 2.24) is 9.55 Å². The van der Waals surface area contributed by atoms with Gasteiger partial charge in [-0.3, -0.25) is 0 Å². The van der Waals surface area contributed by atoms with Crippen LogP contribution in [0.15, 0.2) is 60.9 Å². The fourth-order valence-electron chi connectivity index (χ4n) is 2.37. The molecular formula is C21H20N2O2. The second-order valence-corrected chi connectivity index (χ2v) is 6.03. The zero-order chi connectivity index (χ0) is 17.8. The number of hydrogen-bond donors (Lipinski definition) is 0. The van der Waals surface area contributed by atoms with E-state index < -0.39 is 0 Å². The van der Waals surface area contributed by atoms with Gasteiger partial charge in [-0.2, -0.15) is 0 Å². The molecule has 0 unspecified atom stereocenters. The third-order valence-corrected chi connectivity index (χ3v) is 3.94. The van der Waals surface area contributed by atoms with E-state index in [1.807, 2.05) is 68.1 Å². The molecule has 1 aromatic heterocycles. The average molecular weight is 332 g/mol. The van der Waals surface area contributed by atoms with Gasteiger partial charge in [-0.05, 0) is 26.0 Å². The third-order valence-electron chi connectivity index (χ3n) is 3.94. The third kappa shape index (κ3) is 4.04. The van der Waals surface area contributed by atoms with Crippen LogP contribution in [0.2, 0.25) is 0 Å². The summed E-state index contributed by atoms with van der Waals surface area (Å²) in [5.41, 5.74) is 3.58. The molecule has 0 fully saturated rings. The van der Waals surface area contributed by atoms with Gasteiger partial charge in [0.2, 0.25) is 0 Å². The SMILES string of the molecule is Cc1ccc(C(=O)O/C(=C/c2nccn2C)c2ccc(C)cc2)cc1. The Labute approximate surface area is 147 Å². The van der Waals surface area contributed by atoms with Crippen molar-refractivity contribution in [2.45, 2.75) is 13.8 Å². The molecule has 0 saturated carbocycles. The van der Waals surface area contributed by atoms with E-state index in [0.29, 0.717) is 17.1 Å². The van der Waals surface area contributed by atoms with Crippen molar-refractivity contribution in [2.24, 2.45) is 7.05 Å². The van der Waals surface area contributed by atoms with Crippen molar-refractivity contribution in [1.29, 1.82) is 0 Å². The highest BCUT2D eigenvalue weighted by Crippen LogP contribution is 2.21. The molecule has 126 valence electrons. The van der Waals surface area contributed by atoms with E-state index in [1.54, 1.807) is 24.4 Å². The molecular weight excluding hydrogens is 312 g/mol. The van der Waals surface area contributed by atoms with Crippen LogP contribution in [0.25, 0.3) is 11.8 Å². The van der Waals surface area contributed by atoms with E-state index in [2.05, 4.69) is 4.98 Å². The predicted molar refractivity (Wildman–Crippen MR) is 98.9 cm³/mol. The molecule has 0 saturated heterocycles. The maximum absolute atomic E-state index is 12.5. The van der Waals surface area contributed by atoms with E-state index in [1.165, 1.54) is 0 Å². The first-order valence-electron chi connectivity index (χ1n) is 8.08. The normalized spacial score (nSPS) is 11.4. The summed E-state index contributed by atoms with van der Waals surface area (Å²) in [7, 11) is 1.90. The Bertz CT molecular complexity index is 904. The first-order chi connectivity index (χ1) is 12.0. The largest absolute Gasteiger partial charge is 0.422 e. The predicted octanol–water partition coefficient (Wildman–Crippen LogP) is 4.39. The molecule has 0 bridgehead atoms. The molecule has 0 N–H and O–H groups in total. The van der Waals surface area contributed by atoms with Gasteiger partial charge in [0.25, 0.3) is 0 Å². The maximum Gasteiger partial charge on any atom is 0.343 e. The summed E-state index contributed by atoms with van der Waals surface area (Å²) in [4.78, 5) is 16.8. The van der Waals surface area contributed by atoms with Crippen molar-refractivity contribution in [3.8, 4) is 0 Å². The summed E-state index contributed by atoms with van der Waals surface area (Å²) in [6.45, 7) is 4.00. The lowest BCUT2D eigenvalue weighted by Crippen LogP contribution is -2.05. The molecule has 0 amide bonds. The number of aromatic nitrogens is 2. The van der Waals surface area contributed by atoms with Crippen LogP contribution in [-0.2, 0) is 11.8 Å². The summed E-state index contributed by atoms with van der Waals surface area (Å²) < 4.78 is 7.57. The Morgan fingerprint density at radius 3 is 2.04 bits per heavy atom. The molecule has 0 aliphatic rings.